The molecule has 1 aromatic carbocycles. The molecule has 4 rings (SSSR count). The Labute approximate surface area is 244 Å². The number of carbonyl (C=O) groups excluding carboxylic acids is 1. The number of nitrogen functional groups attached to an aromatic ring is 1. The van der Waals surface area contributed by atoms with E-state index in [1.807, 2.05) is 31.3 Å². The number of carbonyl (C=O) groups is 1. The Morgan fingerprint density at radius 1 is 1.14 bits per heavy atom. The SMILES string of the molecule is COCCOc1nc(N)c2[nH]c(=O)n(CC3=C(C)CC=C(CN(C)CCOc4cccc(CC(=O)OC)c4)C=C3)c2n1. The topological polar surface area (TPSA) is 147 Å². The number of nitrogens with one attached hydrogen (secondary N) is 1. The molecule has 12 heteroatoms. The molecule has 0 saturated carbocycles. The molecule has 0 aliphatic heterocycles. The average Bonchev–Trinajstić information content (AvgIpc) is 3.18. The van der Waals surface area contributed by atoms with Crippen LogP contribution in [-0.4, -0.2) is 84.6 Å². The van der Waals surface area contributed by atoms with Crippen molar-refractivity contribution in [2.24, 2.45) is 0 Å². The predicted octanol–water partition coefficient (Wildman–Crippen LogP) is 2.66. The molecule has 0 fully saturated rings. The van der Waals surface area contributed by atoms with Crippen LogP contribution in [0.3, 0.4) is 0 Å². The molecule has 0 radical (unpaired) electrons. The van der Waals surface area contributed by atoms with Gasteiger partial charge >= 0.3 is 17.7 Å². The zero-order valence-electron chi connectivity index (χ0n) is 24.5. The largest absolute Gasteiger partial charge is 0.492 e. The van der Waals surface area contributed by atoms with Gasteiger partial charge in [-0.3, -0.25) is 14.3 Å². The van der Waals surface area contributed by atoms with E-state index in [2.05, 4.69) is 45.0 Å². The van der Waals surface area contributed by atoms with Gasteiger partial charge in [-0.15, -0.1) is 0 Å². The Hall–Kier alpha value is -4.42. The summed E-state index contributed by atoms with van der Waals surface area (Å²) in [6.07, 6.45) is 7.31. The summed E-state index contributed by atoms with van der Waals surface area (Å²) in [4.78, 5) is 37.9. The monoisotopic (exact) mass is 578 g/mol. The number of esters is 1. The smallest absolute Gasteiger partial charge is 0.328 e. The van der Waals surface area contributed by atoms with Gasteiger partial charge in [0.2, 0.25) is 0 Å². The number of nitrogens with zero attached hydrogens (tertiary/aromatic N) is 4. The molecule has 2 aromatic heterocycles. The number of hydrogen-bond donors (Lipinski definition) is 2. The number of hydrogen-bond acceptors (Lipinski definition) is 10. The van der Waals surface area contributed by atoms with Crippen LogP contribution < -0.4 is 20.9 Å². The van der Waals surface area contributed by atoms with Crippen molar-refractivity contribution >= 4 is 23.0 Å². The van der Waals surface area contributed by atoms with Crippen molar-refractivity contribution in [3.63, 3.8) is 0 Å². The highest BCUT2D eigenvalue weighted by molar-refractivity contribution is 5.82. The van der Waals surface area contributed by atoms with Gasteiger partial charge in [-0.1, -0.05) is 35.9 Å². The van der Waals surface area contributed by atoms with Crippen LogP contribution in [0.15, 0.2) is 64.0 Å². The van der Waals surface area contributed by atoms with Crippen LogP contribution in [0, 0.1) is 0 Å². The fraction of sp³-hybridized carbons (Fsp3) is 0.400. The maximum Gasteiger partial charge on any atom is 0.328 e. The van der Waals surface area contributed by atoms with Crippen molar-refractivity contribution in [1.29, 1.82) is 0 Å². The molecule has 0 atom stereocenters. The summed E-state index contributed by atoms with van der Waals surface area (Å²) in [5.74, 6) is 0.584. The number of aromatic amines is 1. The summed E-state index contributed by atoms with van der Waals surface area (Å²) in [6.45, 7) is 4.99. The maximum absolute atomic E-state index is 12.8. The molecule has 0 saturated heterocycles. The minimum Gasteiger partial charge on any atom is -0.492 e. The molecule has 1 aliphatic rings. The number of methoxy groups -OCH3 is 2. The van der Waals surface area contributed by atoms with E-state index < -0.39 is 0 Å². The minimum atomic E-state index is -0.318. The third-order valence-electron chi connectivity index (χ3n) is 6.86. The summed E-state index contributed by atoms with van der Waals surface area (Å²) in [5, 5.41) is 0. The predicted molar refractivity (Wildman–Crippen MR) is 160 cm³/mol. The molecule has 3 N–H and O–H groups in total. The first-order valence-electron chi connectivity index (χ1n) is 13.7. The molecule has 0 amide bonds. The van der Waals surface area contributed by atoms with E-state index in [1.165, 1.54) is 12.7 Å². The number of nitrogens with two attached hydrogens (primary N) is 1. The van der Waals surface area contributed by atoms with Crippen LogP contribution in [0.25, 0.3) is 11.2 Å². The molecule has 0 spiro atoms. The van der Waals surface area contributed by atoms with Crippen LogP contribution in [0.1, 0.15) is 18.9 Å². The second-order valence-corrected chi connectivity index (χ2v) is 10.1. The lowest BCUT2D eigenvalue weighted by Gasteiger charge is -2.18. The standard InChI is InChI=1S/C30H38N6O6/c1-20-8-9-21(18-35(2)12-13-41-24-7-5-6-22(16-24)17-25(37)40-4)10-11-23(20)19-36-28-26(32-30(36)38)27(31)33-29(34-28)42-15-14-39-3/h5-7,9-11,16H,8,12-15,17-19H2,1-4H3,(H,32,38)(H2,31,33,34). The normalized spacial score (nSPS) is 13.4. The first kappa shape index (κ1) is 30.5. The van der Waals surface area contributed by atoms with Crippen molar-refractivity contribution in [1.82, 2.24) is 24.4 Å². The summed E-state index contributed by atoms with van der Waals surface area (Å²) >= 11 is 0. The highest BCUT2D eigenvalue weighted by Crippen LogP contribution is 2.23. The molecule has 224 valence electrons. The van der Waals surface area contributed by atoms with E-state index in [0.29, 0.717) is 37.5 Å². The third-order valence-corrected chi connectivity index (χ3v) is 6.86. The van der Waals surface area contributed by atoms with Crippen LogP contribution in [0.4, 0.5) is 5.82 Å². The third kappa shape index (κ3) is 8.08. The Bertz CT molecular complexity index is 1550. The fourth-order valence-electron chi connectivity index (χ4n) is 4.46. The second-order valence-electron chi connectivity index (χ2n) is 10.1. The zero-order chi connectivity index (χ0) is 30.1. The van der Waals surface area contributed by atoms with Gasteiger partial charge in [0.25, 0.3) is 0 Å². The average molecular weight is 579 g/mol. The summed E-state index contributed by atoms with van der Waals surface area (Å²) in [6, 6.07) is 7.57. The van der Waals surface area contributed by atoms with Crippen LogP contribution in [0.5, 0.6) is 11.8 Å². The number of allylic oxidation sites excluding steroid dienone is 4. The van der Waals surface area contributed by atoms with E-state index in [-0.39, 0.29) is 36.5 Å². The minimum absolute atomic E-state index is 0.0942. The first-order valence-corrected chi connectivity index (χ1v) is 13.7. The molecular weight excluding hydrogens is 540 g/mol. The Kier molecular flexibility index (Phi) is 10.5. The van der Waals surface area contributed by atoms with E-state index in [4.69, 9.17) is 24.7 Å². The second kappa shape index (κ2) is 14.5. The Balaban J connectivity index is 1.35. The summed E-state index contributed by atoms with van der Waals surface area (Å²) < 4.78 is 22.8. The van der Waals surface area contributed by atoms with Gasteiger partial charge in [0.15, 0.2) is 11.5 Å². The number of fused-ring (bicyclic) bond motifs is 1. The van der Waals surface area contributed by atoms with Crippen LogP contribution in [0.2, 0.25) is 0 Å². The van der Waals surface area contributed by atoms with E-state index in [9.17, 15) is 9.59 Å². The number of H-pyrrole nitrogens is 1. The molecule has 0 unspecified atom stereocenters. The number of aromatic nitrogens is 4. The molecular formula is C30H38N6O6. The molecule has 1 aliphatic carbocycles. The van der Waals surface area contributed by atoms with Crippen molar-refractivity contribution in [2.45, 2.75) is 26.3 Å². The number of likely N-dealkylation sites (N-methyl/N-ethyl adjacent to an activating group) is 1. The fourth-order valence-corrected chi connectivity index (χ4v) is 4.46. The van der Waals surface area contributed by atoms with Gasteiger partial charge in [0.05, 0.1) is 26.7 Å². The van der Waals surface area contributed by atoms with Gasteiger partial charge in [-0.2, -0.15) is 9.97 Å². The Morgan fingerprint density at radius 3 is 2.76 bits per heavy atom. The van der Waals surface area contributed by atoms with Gasteiger partial charge in [-0.05, 0) is 49.2 Å². The first-order chi connectivity index (χ1) is 20.3. The lowest BCUT2D eigenvalue weighted by atomic mass is 10.1. The number of ether oxygens (including phenoxy) is 4. The highest BCUT2D eigenvalue weighted by Gasteiger charge is 2.17. The van der Waals surface area contributed by atoms with E-state index in [1.54, 1.807) is 11.7 Å². The number of benzene rings is 1. The number of imidazole rings is 1. The van der Waals surface area contributed by atoms with Crippen molar-refractivity contribution < 1.29 is 23.7 Å². The van der Waals surface area contributed by atoms with Gasteiger partial charge < -0.3 is 29.7 Å². The summed E-state index contributed by atoms with van der Waals surface area (Å²) in [5.41, 5.74) is 10.7. The van der Waals surface area contributed by atoms with Gasteiger partial charge in [0.1, 0.15) is 24.5 Å². The van der Waals surface area contributed by atoms with Gasteiger partial charge in [-0.25, -0.2) is 4.79 Å². The van der Waals surface area contributed by atoms with Crippen molar-refractivity contribution in [2.75, 3.05) is 59.9 Å². The molecule has 0 bridgehead atoms. The van der Waals surface area contributed by atoms with Crippen molar-refractivity contribution in [3.05, 3.63) is 75.3 Å². The molecule has 3 aromatic rings. The molecule has 42 heavy (non-hydrogen) atoms. The van der Waals surface area contributed by atoms with E-state index in [0.717, 1.165) is 35.4 Å². The van der Waals surface area contributed by atoms with Crippen molar-refractivity contribution in [3.8, 4) is 11.8 Å². The lowest BCUT2D eigenvalue weighted by molar-refractivity contribution is -0.139. The highest BCUT2D eigenvalue weighted by atomic mass is 16.5. The molecule has 2 heterocycles. The lowest BCUT2D eigenvalue weighted by Crippen LogP contribution is -2.26. The number of anilines is 1. The summed E-state index contributed by atoms with van der Waals surface area (Å²) in [7, 11) is 5.00. The Morgan fingerprint density at radius 2 is 1.98 bits per heavy atom. The van der Waals surface area contributed by atoms with Crippen LogP contribution >= 0.6 is 0 Å². The maximum atomic E-state index is 12.8. The van der Waals surface area contributed by atoms with Gasteiger partial charge in [0, 0.05) is 20.2 Å². The van der Waals surface area contributed by atoms with E-state index >= 15 is 0 Å². The van der Waals surface area contributed by atoms with Crippen LogP contribution in [-0.2, 0) is 27.2 Å². The number of rotatable bonds is 14. The zero-order valence-corrected chi connectivity index (χ0v) is 24.5. The molecule has 12 nitrogen and oxygen atoms in total. The quantitative estimate of drug-likeness (QED) is 0.216.